The van der Waals surface area contributed by atoms with Crippen molar-refractivity contribution in [2.45, 2.75) is 238 Å². The Morgan fingerprint density at radius 1 is 0.552 bits per heavy atom. The molecule has 3 unspecified atom stereocenters. The quantitative estimate of drug-likeness (QED) is 0.0161. The fourth-order valence-corrected chi connectivity index (χ4v) is 8.13. The van der Waals surface area contributed by atoms with Gasteiger partial charge in [-0.2, -0.15) is 0 Å². The standard InChI is InChI=1S/C57H103N2O7P/c1-7-10-13-16-19-22-25-28-30-31-34-37-40-43-46-49-56(60)58-54(53-65-67(62,63)64-52-51-59(4,5)6)55(48-45-42-39-36-33-27-24-21-18-15-12-9-3)66-57(61)50-47-44-41-38-35-32-29-26-23-20-17-14-11-8-2/h11,14,19-20,22-23,25,28-29,32,45,48,54-55H,7-10,12-13,15-18,21,24,26-27,30-31,33-44,46-47,49-53H2,1-6H3,(H-,58,60,62,63)/b14-11+,22-19+,23-20+,28-25+,32-29+,48-45+. The third kappa shape index (κ3) is 48.3. The number of hydrogen-bond donors (Lipinski definition) is 1. The van der Waals surface area contributed by atoms with E-state index in [1.807, 2.05) is 33.3 Å². The second-order valence-electron chi connectivity index (χ2n) is 19.4. The van der Waals surface area contributed by atoms with Gasteiger partial charge in [0.25, 0.3) is 7.82 Å². The number of unbranched alkanes of at least 4 members (excludes halogenated alkanes) is 23. The van der Waals surface area contributed by atoms with Crippen molar-refractivity contribution in [3.05, 3.63) is 72.9 Å². The number of carbonyl (C=O) groups is 2. The summed E-state index contributed by atoms with van der Waals surface area (Å²) < 4.78 is 30.1. The second kappa shape index (κ2) is 47.1. The van der Waals surface area contributed by atoms with Gasteiger partial charge in [0, 0.05) is 12.8 Å². The molecule has 0 spiro atoms. The van der Waals surface area contributed by atoms with Crippen LogP contribution >= 0.6 is 7.82 Å². The van der Waals surface area contributed by atoms with E-state index in [4.69, 9.17) is 13.8 Å². The van der Waals surface area contributed by atoms with Crippen LogP contribution in [-0.2, 0) is 27.9 Å². The zero-order chi connectivity index (χ0) is 49.4. The zero-order valence-corrected chi connectivity index (χ0v) is 45.0. The number of rotatable bonds is 48. The van der Waals surface area contributed by atoms with Crippen molar-refractivity contribution in [1.82, 2.24) is 5.32 Å². The molecule has 0 fully saturated rings. The molecule has 0 saturated heterocycles. The molecule has 0 aliphatic rings. The molecule has 0 heterocycles. The van der Waals surface area contributed by atoms with E-state index in [-0.39, 0.29) is 24.9 Å². The SMILES string of the molecule is CC/C=C/C/C=C/C/C=C/CCCCCCC(=O)OC(/C=C/CCCCCCCCCCCC)C(COP(=O)([O-])OCC[N+](C)(C)C)NC(=O)CCCCCCCC/C=C/C=C/CCCCC. The fraction of sp³-hybridized carbons (Fsp3) is 0.754. The smallest absolute Gasteiger partial charge is 0.306 e. The molecule has 0 saturated carbocycles. The van der Waals surface area contributed by atoms with Gasteiger partial charge < -0.3 is 28.5 Å². The maximum Gasteiger partial charge on any atom is 0.306 e. The minimum atomic E-state index is -4.70. The summed E-state index contributed by atoms with van der Waals surface area (Å²) in [7, 11) is 1.15. The molecule has 0 aromatic carbocycles. The molecule has 0 aliphatic carbocycles. The number of phosphoric acid groups is 1. The Balaban J connectivity index is 5.46. The highest BCUT2D eigenvalue weighted by molar-refractivity contribution is 7.45. The molecule has 67 heavy (non-hydrogen) atoms. The van der Waals surface area contributed by atoms with Gasteiger partial charge in [0.05, 0.1) is 33.8 Å². The normalized spacial score (nSPS) is 14.4. The largest absolute Gasteiger partial charge is 0.756 e. The summed E-state index contributed by atoms with van der Waals surface area (Å²) in [5.41, 5.74) is 0. The van der Waals surface area contributed by atoms with Gasteiger partial charge in [-0.1, -0.05) is 197 Å². The lowest BCUT2D eigenvalue weighted by molar-refractivity contribution is -0.870. The molecule has 3 atom stereocenters. The predicted molar refractivity (Wildman–Crippen MR) is 284 cm³/mol. The number of phosphoric ester groups is 1. The van der Waals surface area contributed by atoms with Crippen molar-refractivity contribution in [3.63, 3.8) is 0 Å². The Labute approximate surface area is 413 Å². The number of quaternary nitrogens is 1. The van der Waals surface area contributed by atoms with E-state index in [0.29, 0.717) is 23.9 Å². The summed E-state index contributed by atoms with van der Waals surface area (Å²) in [5, 5.41) is 3.00. The Morgan fingerprint density at radius 2 is 1.00 bits per heavy atom. The van der Waals surface area contributed by atoms with Crippen LogP contribution in [0.5, 0.6) is 0 Å². The van der Waals surface area contributed by atoms with Crippen molar-refractivity contribution in [1.29, 1.82) is 0 Å². The summed E-state index contributed by atoms with van der Waals surface area (Å²) in [6, 6.07) is -0.904. The van der Waals surface area contributed by atoms with Crippen LogP contribution in [0.4, 0.5) is 0 Å². The number of allylic oxidation sites excluding steroid dienone is 11. The molecule has 0 rings (SSSR count). The Morgan fingerprint density at radius 3 is 1.55 bits per heavy atom. The van der Waals surface area contributed by atoms with Gasteiger partial charge in [0.15, 0.2) is 0 Å². The third-order valence-electron chi connectivity index (χ3n) is 11.6. The van der Waals surface area contributed by atoms with E-state index in [1.165, 1.54) is 70.6 Å². The van der Waals surface area contributed by atoms with Gasteiger partial charge in [-0.15, -0.1) is 0 Å². The summed E-state index contributed by atoms with van der Waals surface area (Å²) in [6.45, 7) is 6.65. The number of carbonyl (C=O) groups excluding carboxylic acids is 2. The van der Waals surface area contributed by atoms with Crippen molar-refractivity contribution in [2.75, 3.05) is 40.9 Å². The monoisotopic (exact) mass is 959 g/mol. The molecule has 0 aromatic heterocycles. The minimum Gasteiger partial charge on any atom is -0.756 e. The molecular weight excluding hydrogens is 856 g/mol. The van der Waals surface area contributed by atoms with Crippen LogP contribution in [-0.4, -0.2) is 69.4 Å². The highest BCUT2D eigenvalue weighted by atomic mass is 31.2. The number of nitrogens with one attached hydrogen (secondary N) is 1. The van der Waals surface area contributed by atoms with E-state index < -0.39 is 26.6 Å². The maximum atomic E-state index is 13.4. The van der Waals surface area contributed by atoms with Crippen LogP contribution in [0.3, 0.4) is 0 Å². The maximum absolute atomic E-state index is 13.4. The lowest BCUT2D eigenvalue weighted by atomic mass is 10.0. The van der Waals surface area contributed by atoms with Crippen molar-refractivity contribution in [2.24, 2.45) is 0 Å². The minimum absolute atomic E-state index is 0.0312. The molecular formula is C57H103N2O7P. The molecule has 388 valence electrons. The lowest BCUT2D eigenvalue weighted by Gasteiger charge is -2.30. The number of esters is 1. The highest BCUT2D eigenvalue weighted by Crippen LogP contribution is 2.38. The van der Waals surface area contributed by atoms with Crippen LogP contribution in [0.1, 0.15) is 226 Å². The average molecular weight is 959 g/mol. The number of amides is 1. The van der Waals surface area contributed by atoms with E-state index in [2.05, 4.69) is 86.8 Å². The summed E-state index contributed by atoms with van der Waals surface area (Å²) in [5.74, 6) is -0.585. The van der Waals surface area contributed by atoms with Crippen LogP contribution in [0, 0.1) is 0 Å². The Hall–Kier alpha value is -2.55. The first-order chi connectivity index (χ1) is 32.4. The average Bonchev–Trinajstić information content (AvgIpc) is 3.28. The summed E-state index contributed by atoms with van der Waals surface area (Å²) in [4.78, 5) is 39.7. The second-order valence-corrected chi connectivity index (χ2v) is 20.8. The van der Waals surface area contributed by atoms with E-state index >= 15 is 0 Å². The molecule has 1 amide bonds. The number of nitrogens with zero attached hydrogens (tertiary/aromatic N) is 1. The molecule has 0 aromatic rings. The van der Waals surface area contributed by atoms with Crippen LogP contribution < -0.4 is 10.2 Å². The topological polar surface area (TPSA) is 114 Å². The molecule has 9 nitrogen and oxygen atoms in total. The first-order valence-corrected chi connectivity index (χ1v) is 28.7. The zero-order valence-electron chi connectivity index (χ0n) is 44.1. The van der Waals surface area contributed by atoms with Gasteiger partial charge in [0.1, 0.15) is 19.3 Å². The first-order valence-electron chi connectivity index (χ1n) is 27.3. The first kappa shape index (κ1) is 64.5. The van der Waals surface area contributed by atoms with E-state index in [9.17, 15) is 19.0 Å². The van der Waals surface area contributed by atoms with Crippen molar-refractivity contribution in [3.8, 4) is 0 Å². The lowest BCUT2D eigenvalue weighted by Crippen LogP contribution is -2.47. The van der Waals surface area contributed by atoms with Gasteiger partial charge in [-0.3, -0.25) is 14.2 Å². The number of likely N-dealkylation sites (N-methyl/N-ethyl adjacent to an activating group) is 1. The van der Waals surface area contributed by atoms with Gasteiger partial charge in [-0.25, -0.2) is 0 Å². The molecule has 0 aliphatic heterocycles. The number of hydrogen-bond acceptors (Lipinski definition) is 7. The van der Waals surface area contributed by atoms with E-state index in [0.717, 1.165) is 116 Å². The van der Waals surface area contributed by atoms with E-state index in [1.54, 1.807) is 0 Å². The third-order valence-corrected chi connectivity index (χ3v) is 12.6. The van der Waals surface area contributed by atoms with Gasteiger partial charge in [0.2, 0.25) is 5.91 Å². The number of ether oxygens (including phenoxy) is 1. The highest BCUT2D eigenvalue weighted by Gasteiger charge is 2.27. The summed E-state index contributed by atoms with van der Waals surface area (Å²) in [6.07, 6.45) is 58.6. The Kier molecular flexibility index (Phi) is 45.3. The predicted octanol–water partition coefficient (Wildman–Crippen LogP) is 15.5. The summed E-state index contributed by atoms with van der Waals surface area (Å²) >= 11 is 0. The van der Waals surface area contributed by atoms with Crippen LogP contribution in [0.2, 0.25) is 0 Å². The van der Waals surface area contributed by atoms with Gasteiger partial charge >= 0.3 is 5.97 Å². The molecule has 10 heteroatoms. The molecule has 1 N–H and O–H groups in total. The van der Waals surface area contributed by atoms with Crippen LogP contribution in [0.25, 0.3) is 0 Å². The van der Waals surface area contributed by atoms with Gasteiger partial charge in [-0.05, 0) is 89.5 Å². The Bertz CT molecular complexity index is 1380. The van der Waals surface area contributed by atoms with Crippen molar-refractivity contribution >= 4 is 19.7 Å². The van der Waals surface area contributed by atoms with Crippen molar-refractivity contribution < 1.29 is 37.3 Å². The molecule has 0 bridgehead atoms. The van der Waals surface area contributed by atoms with Crippen LogP contribution in [0.15, 0.2) is 72.9 Å². The fourth-order valence-electron chi connectivity index (χ4n) is 7.41. The molecule has 0 radical (unpaired) electrons.